The van der Waals surface area contributed by atoms with Crippen molar-refractivity contribution in [2.75, 3.05) is 18.4 Å². The van der Waals surface area contributed by atoms with Gasteiger partial charge in [-0.2, -0.15) is 4.31 Å². The Hall–Kier alpha value is -2.62. The van der Waals surface area contributed by atoms with Crippen molar-refractivity contribution in [2.24, 2.45) is 0 Å². The first kappa shape index (κ1) is 21.6. The van der Waals surface area contributed by atoms with Crippen LogP contribution >= 0.6 is 11.3 Å². The number of hydrogen-bond donors (Lipinski definition) is 1. The zero-order valence-electron chi connectivity index (χ0n) is 17.2. The molecule has 0 radical (unpaired) electrons. The molecule has 1 fully saturated rings. The number of sulfonamides is 1. The summed E-state index contributed by atoms with van der Waals surface area (Å²) in [5.74, 6) is -0.242. The van der Waals surface area contributed by atoms with Crippen molar-refractivity contribution in [3.63, 3.8) is 0 Å². The maximum absolute atomic E-state index is 13.0. The number of amides is 1. The third kappa shape index (κ3) is 5.00. The largest absolute Gasteiger partial charge is 0.325 e. The molecule has 0 spiro atoms. The summed E-state index contributed by atoms with van der Waals surface area (Å²) in [6.07, 6.45) is 4.62. The van der Waals surface area contributed by atoms with Crippen molar-refractivity contribution in [2.45, 2.75) is 37.5 Å². The van der Waals surface area contributed by atoms with Gasteiger partial charge in [-0.1, -0.05) is 18.6 Å². The standard InChI is InChI=1S/C22H24N4O3S2/c1-16-8-9-18(31(28,29)26-11-5-2-6-12-26)14-20(16)25-21(27)13-17-15-30-22(24-17)19-7-3-4-10-23-19/h3-4,7-10,14-15H,2,5-6,11-13H2,1H3,(H,25,27). The number of aromatic nitrogens is 2. The van der Waals surface area contributed by atoms with Crippen LogP contribution in [0, 0.1) is 6.92 Å². The smallest absolute Gasteiger partial charge is 0.243 e. The first-order chi connectivity index (χ1) is 14.9. The number of nitrogens with one attached hydrogen (secondary N) is 1. The number of nitrogens with zero attached hydrogens (tertiary/aromatic N) is 3. The molecule has 1 amide bonds. The maximum atomic E-state index is 13.0. The molecule has 0 saturated carbocycles. The van der Waals surface area contributed by atoms with Crippen molar-refractivity contribution in [1.82, 2.24) is 14.3 Å². The van der Waals surface area contributed by atoms with Gasteiger partial charge in [0.1, 0.15) is 5.01 Å². The number of piperidine rings is 1. The Morgan fingerprint density at radius 1 is 1.16 bits per heavy atom. The average molecular weight is 457 g/mol. The molecule has 0 bridgehead atoms. The minimum atomic E-state index is -3.56. The molecule has 162 valence electrons. The lowest BCUT2D eigenvalue weighted by Crippen LogP contribution is -2.35. The highest BCUT2D eigenvalue weighted by Gasteiger charge is 2.26. The molecule has 4 rings (SSSR count). The Morgan fingerprint density at radius 2 is 1.97 bits per heavy atom. The van der Waals surface area contributed by atoms with Gasteiger partial charge in [-0.25, -0.2) is 13.4 Å². The Labute approximate surface area is 186 Å². The first-order valence-electron chi connectivity index (χ1n) is 10.2. The zero-order chi connectivity index (χ0) is 21.8. The third-order valence-electron chi connectivity index (χ3n) is 5.21. The SMILES string of the molecule is Cc1ccc(S(=O)(=O)N2CCCCC2)cc1NC(=O)Cc1csc(-c2ccccn2)n1. The summed E-state index contributed by atoms with van der Waals surface area (Å²) >= 11 is 1.44. The van der Waals surface area contributed by atoms with Gasteiger partial charge in [0.05, 0.1) is 22.7 Å². The molecule has 7 nitrogen and oxygen atoms in total. The predicted octanol–water partition coefficient (Wildman–Crippen LogP) is 3.87. The Kier molecular flexibility index (Phi) is 6.45. The van der Waals surface area contributed by atoms with Crippen LogP contribution in [0.3, 0.4) is 0 Å². The van der Waals surface area contributed by atoms with Crippen molar-refractivity contribution in [3.8, 4) is 10.7 Å². The van der Waals surface area contributed by atoms with Gasteiger partial charge in [-0.15, -0.1) is 11.3 Å². The maximum Gasteiger partial charge on any atom is 0.243 e. The summed E-state index contributed by atoms with van der Waals surface area (Å²) in [6.45, 7) is 2.93. The van der Waals surface area contributed by atoms with Crippen LogP contribution in [0.15, 0.2) is 52.9 Å². The van der Waals surface area contributed by atoms with E-state index >= 15 is 0 Å². The van der Waals surface area contributed by atoms with Crippen molar-refractivity contribution < 1.29 is 13.2 Å². The number of pyridine rings is 1. The molecular weight excluding hydrogens is 432 g/mol. The van der Waals surface area contributed by atoms with Crippen LogP contribution in [0.1, 0.15) is 30.5 Å². The lowest BCUT2D eigenvalue weighted by atomic mass is 10.2. The molecule has 3 heterocycles. The van der Waals surface area contributed by atoms with Gasteiger partial charge in [0.15, 0.2) is 0 Å². The zero-order valence-corrected chi connectivity index (χ0v) is 18.9. The molecule has 0 aliphatic carbocycles. The van der Waals surface area contributed by atoms with Crippen LogP contribution in [-0.2, 0) is 21.2 Å². The number of rotatable bonds is 6. The van der Waals surface area contributed by atoms with E-state index in [2.05, 4.69) is 15.3 Å². The molecule has 3 aromatic rings. The molecule has 1 aromatic carbocycles. The fourth-order valence-corrected chi connectivity index (χ4v) is 5.84. The highest BCUT2D eigenvalue weighted by molar-refractivity contribution is 7.89. The van der Waals surface area contributed by atoms with E-state index in [0.717, 1.165) is 35.5 Å². The highest BCUT2D eigenvalue weighted by Crippen LogP contribution is 2.26. The molecular formula is C22H24N4O3S2. The van der Waals surface area contributed by atoms with Crippen LogP contribution in [0.4, 0.5) is 5.69 Å². The summed E-state index contributed by atoms with van der Waals surface area (Å²) in [4.78, 5) is 21.6. The fraction of sp³-hybridized carbons (Fsp3) is 0.318. The van der Waals surface area contributed by atoms with E-state index in [0.29, 0.717) is 24.5 Å². The van der Waals surface area contributed by atoms with E-state index in [4.69, 9.17) is 0 Å². The van der Waals surface area contributed by atoms with Gasteiger partial charge in [-0.05, 0) is 49.6 Å². The highest BCUT2D eigenvalue weighted by atomic mass is 32.2. The molecule has 9 heteroatoms. The molecule has 31 heavy (non-hydrogen) atoms. The number of carbonyl (C=O) groups is 1. The second-order valence-electron chi connectivity index (χ2n) is 7.53. The Bertz CT molecular complexity index is 1170. The minimum Gasteiger partial charge on any atom is -0.325 e. The van der Waals surface area contributed by atoms with E-state index < -0.39 is 10.0 Å². The average Bonchev–Trinajstić information content (AvgIpc) is 3.24. The van der Waals surface area contributed by atoms with Crippen molar-refractivity contribution in [1.29, 1.82) is 0 Å². The Balaban J connectivity index is 1.47. The van der Waals surface area contributed by atoms with E-state index in [1.54, 1.807) is 24.4 Å². The summed E-state index contributed by atoms with van der Waals surface area (Å²) in [7, 11) is -3.56. The number of benzene rings is 1. The van der Waals surface area contributed by atoms with Crippen LogP contribution < -0.4 is 5.32 Å². The normalized spacial score (nSPS) is 15.0. The first-order valence-corrected chi connectivity index (χ1v) is 12.5. The third-order valence-corrected chi connectivity index (χ3v) is 8.02. The summed E-state index contributed by atoms with van der Waals surface area (Å²) in [5.41, 5.74) is 2.73. The van der Waals surface area contributed by atoms with Gasteiger partial charge in [0, 0.05) is 30.4 Å². The molecule has 1 aliphatic heterocycles. The van der Waals surface area contributed by atoms with E-state index in [-0.39, 0.29) is 17.2 Å². The second kappa shape index (κ2) is 9.25. The van der Waals surface area contributed by atoms with Gasteiger partial charge < -0.3 is 5.32 Å². The van der Waals surface area contributed by atoms with Crippen molar-refractivity contribution in [3.05, 3.63) is 59.2 Å². The minimum absolute atomic E-state index is 0.103. The molecule has 1 saturated heterocycles. The number of hydrogen-bond acceptors (Lipinski definition) is 6. The van der Waals surface area contributed by atoms with Crippen LogP contribution in [0.2, 0.25) is 0 Å². The van der Waals surface area contributed by atoms with Crippen LogP contribution in [-0.4, -0.2) is 41.7 Å². The number of thiazole rings is 1. The van der Waals surface area contributed by atoms with E-state index in [1.807, 2.05) is 30.5 Å². The molecule has 0 atom stereocenters. The quantitative estimate of drug-likeness (QED) is 0.608. The molecule has 1 N–H and O–H groups in total. The van der Waals surface area contributed by atoms with Crippen molar-refractivity contribution >= 4 is 33.0 Å². The molecule has 0 unspecified atom stereocenters. The monoisotopic (exact) mass is 456 g/mol. The van der Waals surface area contributed by atoms with E-state index in [9.17, 15) is 13.2 Å². The van der Waals surface area contributed by atoms with Gasteiger partial charge in [0.25, 0.3) is 0 Å². The van der Waals surface area contributed by atoms with Crippen LogP contribution in [0.25, 0.3) is 10.7 Å². The molecule has 1 aliphatic rings. The van der Waals surface area contributed by atoms with Crippen LogP contribution in [0.5, 0.6) is 0 Å². The second-order valence-corrected chi connectivity index (χ2v) is 10.3. The lowest BCUT2D eigenvalue weighted by molar-refractivity contribution is -0.115. The summed E-state index contributed by atoms with van der Waals surface area (Å²) in [5, 5.41) is 5.45. The predicted molar refractivity (Wildman–Crippen MR) is 121 cm³/mol. The molecule has 2 aromatic heterocycles. The van der Waals surface area contributed by atoms with Gasteiger partial charge >= 0.3 is 0 Å². The Morgan fingerprint density at radius 3 is 2.71 bits per heavy atom. The van der Waals surface area contributed by atoms with Gasteiger partial charge in [-0.3, -0.25) is 9.78 Å². The number of carbonyl (C=O) groups excluding carboxylic acids is 1. The topological polar surface area (TPSA) is 92.3 Å². The number of aryl methyl sites for hydroxylation is 1. The van der Waals surface area contributed by atoms with E-state index in [1.165, 1.54) is 15.6 Å². The van der Waals surface area contributed by atoms with Gasteiger partial charge in [0.2, 0.25) is 15.9 Å². The fourth-order valence-electron chi connectivity index (χ4n) is 3.50. The summed E-state index contributed by atoms with van der Waals surface area (Å²) < 4.78 is 27.5. The lowest BCUT2D eigenvalue weighted by Gasteiger charge is -2.26. The summed E-state index contributed by atoms with van der Waals surface area (Å²) in [6, 6.07) is 10.5. The number of anilines is 1.